The van der Waals surface area contributed by atoms with Crippen molar-refractivity contribution < 1.29 is 18.0 Å². The minimum Gasteiger partial charge on any atom is -0.338 e. The maximum Gasteiger partial charge on any atom is 0.239 e. The molecular weight excluding hydrogens is 390 g/mol. The lowest BCUT2D eigenvalue weighted by molar-refractivity contribution is -0.138. The maximum atomic E-state index is 13.0. The molecule has 29 heavy (non-hydrogen) atoms. The standard InChI is InChI=1S/C21H31N3O4S/c1-3-24(19-11-14-29(27,28)15-19)21(26)16(2)23-12-9-17(10-13-23)20(25)22-18-7-5-4-6-8-18/h4-8,16-17,19H,3,9-15H2,1-2H3,(H,22,25)/t16-,19-/m1/s1. The lowest BCUT2D eigenvalue weighted by Crippen LogP contribution is -2.53. The predicted octanol–water partition coefficient (Wildman–Crippen LogP) is 1.76. The molecule has 1 aromatic rings. The quantitative estimate of drug-likeness (QED) is 0.756. The number of benzene rings is 1. The van der Waals surface area contributed by atoms with E-state index in [0.717, 1.165) is 5.69 Å². The van der Waals surface area contributed by atoms with Gasteiger partial charge in [0.05, 0.1) is 17.5 Å². The van der Waals surface area contributed by atoms with Gasteiger partial charge in [0, 0.05) is 24.2 Å². The molecule has 2 amide bonds. The van der Waals surface area contributed by atoms with Crippen LogP contribution in [0.15, 0.2) is 30.3 Å². The highest BCUT2D eigenvalue weighted by molar-refractivity contribution is 7.91. The summed E-state index contributed by atoms with van der Waals surface area (Å²) in [4.78, 5) is 29.4. The minimum atomic E-state index is -3.03. The molecule has 160 valence electrons. The van der Waals surface area contributed by atoms with Crippen molar-refractivity contribution in [3.8, 4) is 0 Å². The molecule has 8 heteroatoms. The highest BCUT2D eigenvalue weighted by atomic mass is 32.2. The molecular formula is C21H31N3O4S. The summed E-state index contributed by atoms with van der Waals surface area (Å²) < 4.78 is 23.6. The van der Waals surface area contributed by atoms with Crippen molar-refractivity contribution in [2.75, 3.05) is 36.5 Å². The Hall–Kier alpha value is -1.93. The van der Waals surface area contributed by atoms with Crippen molar-refractivity contribution in [3.05, 3.63) is 30.3 Å². The fraction of sp³-hybridized carbons (Fsp3) is 0.619. The first-order valence-electron chi connectivity index (χ1n) is 10.4. The van der Waals surface area contributed by atoms with E-state index in [0.29, 0.717) is 38.9 Å². The Morgan fingerprint density at radius 2 is 1.83 bits per heavy atom. The average Bonchev–Trinajstić information content (AvgIpc) is 3.08. The number of carbonyl (C=O) groups excluding carboxylic acids is 2. The Bertz CT molecular complexity index is 820. The lowest BCUT2D eigenvalue weighted by atomic mass is 9.94. The minimum absolute atomic E-state index is 0.0122. The number of anilines is 1. The van der Waals surface area contributed by atoms with Crippen molar-refractivity contribution in [1.82, 2.24) is 9.80 Å². The van der Waals surface area contributed by atoms with Gasteiger partial charge in [-0.3, -0.25) is 14.5 Å². The highest BCUT2D eigenvalue weighted by Gasteiger charge is 2.37. The van der Waals surface area contributed by atoms with Gasteiger partial charge in [0.2, 0.25) is 11.8 Å². The number of likely N-dealkylation sites (tertiary alicyclic amines) is 1. The topological polar surface area (TPSA) is 86.8 Å². The van der Waals surface area contributed by atoms with E-state index in [1.54, 1.807) is 4.90 Å². The maximum absolute atomic E-state index is 13.0. The van der Waals surface area contributed by atoms with Crippen LogP contribution in [0.5, 0.6) is 0 Å². The molecule has 1 N–H and O–H groups in total. The van der Waals surface area contributed by atoms with Crippen LogP contribution < -0.4 is 5.32 Å². The van der Waals surface area contributed by atoms with Crippen LogP contribution in [0.1, 0.15) is 33.1 Å². The number of rotatable bonds is 6. The fourth-order valence-electron chi connectivity index (χ4n) is 4.33. The smallest absolute Gasteiger partial charge is 0.239 e. The molecule has 2 aliphatic rings. The zero-order valence-corrected chi connectivity index (χ0v) is 18.0. The summed E-state index contributed by atoms with van der Waals surface area (Å²) in [5.41, 5.74) is 0.800. The summed E-state index contributed by atoms with van der Waals surface area (Å²) in [6.45, 7) is 5.66. The Labute approximate surface area is 173 Å². The summed E-state index contributed by atoms with van der Waals surface area (Å²) in [7, 11) is -3.03. The number of para-hydroxylation sites is 1. The molecule has 0 bridgehead atoms. The highest BCUT2D eigenvalue weighted by Crippen LogP contribution is 2.24. The molecule has 0 aliphatic carbocycles. The molecule has 2 aliphatic heterocycles. The van der Waals surface area contributed by atoms with Crippen molar-refractivity contribution in [1.29, 1.82) is 0 Å². The van der Waals surface area contributed by atoms with E-state index in [1.807, 2.05) is 44.2 Å². The van der Waals surface area contributed by atoms with Gasteiger partial charge in [-0.05, 0) is 58.3 Å². The molecule has 2 atom stereocenters. The summed E-state index contributed by atoms with van der Waals surface area (Å²) >= 11 is 0. The van der Waals surface area contributed by atoms with E-state index < -0.39 is 9.84 Å². The SMILES string of the molecule is CCN(C(=O)[C@@H](C)N1CCC(C(=O)Nc2ccccc2)CC1)[C@@H]1CCS(=O)(=O)C1. The monoisotopic (exact) mass is 421 g/mol. The molecule has 7 nitrogen and oxygen atoms in total. The molecule has 0 aromatic heterocycles. The fourth-order valence-corrected chi connectivity index (χ4v) is 6.06. The largest absolute Gasteiger partial charge is 0.338 e. The van der Waals surface area contributed by atoms with Crippen LogP contribution in [-0.2, 0) is 19.4 Å². The summed E-state index contributed by atoms with van der Waals surface area (Å²) in [5, 5.41) is 2.96. The van der Waals surface area contributed by atoms with Gasteiger partial charge in [-0.15, -0.1) is 0 Å². The van der Waals surface area contributed by atoms with Gasteiger partial charge >= 0.3 is 0 Å². The molecule has 2 heterocycles. The summed E-state index contributed by atoms with van der Waals surface area (Å²) in [6.07, 6.45) is 1.94. The molecule has 2 saturated heterocycles. The van der Waals surface area contributed by atoms with E-state index in [4.69, 9.17) is 0 Å². The van der Waals surface area contributed by atoms with E-state index in [2.05, 4.69) is 10.2 Å². The first-order chi connectivity index (χ1) is 13.8. The van der Waals surface area contributed by atoms with E-state index in [1.165, 1.54) is 0 Å². The predicted molar refractivity (Wildman–Crippen MR) is 113 cm³/mol. The number of carbonyl (C=O) groups is 2. The number of nitrogens with zero attached hydrogens (tertiary/aromatic N) is 2. The number of sulfone groups is 1. The van der Waals surface area contributed by atoms with E-state index >= 15 is 0 Å². The second kappa shape index (κ2) is 9.26. The van der Waals surface area contributed by atoms with Crippen molar-refractivity contribution >= 4 is 27.3 Å². The molecule has 0 unspecified atom stereocenters. The van der Waals surface area contributed by atoms with Gasteiger partial charge in [0.1, 0.15) is 0 Å². The zero-order valence-electron chi connectivity index (χ0n) is 17.2. The average molecular weight is 422 g/mol. The van der Waals surface area contributed by atoms with E-state index in [-0.39, 0.29) is 41.3 Å². The van der Waals surface area contributed by atoms with Gasteiger partial charge in [-0.2, -0.15) is 0 Å². The molecule has 3 rings (SSSR count). The number of amides is 2. The summed E-state index contributed by atoms with van der Waals surface area (Å²) in [6, 6.07) is 8.91. The van der Waals surface area contributed by atoms with Gasteiger partial charge in [-0.25, -0.2) is 8.42 Å². The van der Waals surface area contributed by atoms with Gasteiger partial charge in [-0.1, -0.05) is 18.2 Å². The number of hydrogen-bond donors (Lipinski definition) is 1. The molecule has 0 saturated carbocycles. The Balaban J connectivity index is 1.53. The molecule has 1 aromatic carbocycles. The van der Waals surface area contributed by atoms with Gasteiger partial charge < -0.3 is 10.2 Å². The Morgan fingerprint density at radius 3 is 2.38 bits per heavy atom. The van der Waals surface area contributed by atoms with Crippen LogP contribution in [0.3, 0.4) is 0 Å². The van der Waals surface area contributed by atoms with Crippen LogP contribution in [-0.4, -0.2) is 73.3 Å². The third kappa shape index (κ3) is 5.36. The first-order valence-corrected chi connectivity index (χ1v) is 12.2. The van der Waals surface area contributed by atoms with Crippen molar-refractivity contribution in [2.45, 2.75) is 45.2 Å². The van der Waals surface area contributed by atoms with Crippen LogP contribution in [0.25, 0.3) is 0 Å². The number of nitrogens with one attached hydrogen (secondary N) is 1. The molecule has 0 radical (unpaired) electrons. The van der Waals surface area contributed by atoms with Gasteiger partial charge in [0.15, 0.2) is 9.84 Å². The second-order valence-corrected chi connectivity index (χ2v) is 10.3. The zero-order chi connectivity index (χ0) is 21.0. The van der Waals surface area contributed by atoms with Crippen LogP contribution in [0.2, 0.25) is 0 Å². The number of piperidine rings is 1. The van der Waals surface area contributed by atoms with Gasteiger partial charge in [0.25, 0.3) is 0 Å². The number of likely N-dealkylation sites (N-methyl/N-ethyl adjacent to an activating group) is 1. The number of hydrogen-bond acceptors (Lipinski definition) is 5. The van der Waals surface area contributed by atoms with Crippen LogP contribution in [0.4, 0.5) is 5.69 Å². The van der Waals surface area contributed by atoms with Crippen LogP contribution in [0, 0.1) is 5.92 Å². The van der Waals surface area contributed by atoms with Crippen molar-refractivity contribution in [3.63, 3.8) is 0 Å². The summed E-state index contributed by atoms with van der Waals surface area (Å²) in [5.74, 6) is 0.192. The van der Waals surface area contributed by atoms with Crippen LogP contribution >= 0.6 is 0 Å². The first kappa shape index (κ1) is 21.8. The molecule has 2 fully saturated rings. The lowest BCUT2D eigenvalue weighted by Gasteiger charge is -2.38. The molecule has 0 spiro atoms. The normalized spacial score (nSPS) is 23.4. The Morgan fingerprint density at radius 1 is 1.17 bits per heavy atom. The van der Waals surface area contributed by atoms with Crippen molar-refractivity contribution in [2.24, 2.45) is 5.92 Å². The third-order valence-corrected chi connectivity index (χ3v) is 7.87. The van der Waals surface area contributed by atoms with E-state index in [9.17, 15) is 18.0 Å². The second-order valence-electron chi connectivity index (χ2n) is 8.02. The third-order valence-electron chi connectivity index (χ3n) is 6.12. The Kier molecular flexibility index (Phi) is 6.95.